The highest BCUT2D eigenvalue weighted by Crippen LogP contribution is 2.14. The predicted octanol–water partition coefficient (Wildman–Crippen LogP) is 3.16. The van der Waals surface area contributed by atoms with Crippen LogP contribution in [0.1, 0.15) is 15.9 Å². The summed E-state index contributed by atoms with van der Waals surface area (Å²) >= 11 is 0. The van der Waals surface area contributed by atoms with Crippen LogP contribution in [0.2, 0.25) is 0 Å². The number of esters is 1. The topological polar surface area (TPSA) is 79.2 Å². The fourth-order valence-electron chi connectivity index (χ4n) is 1.90. The van der Waals surface area contributed by atoms with Crippen LogP contribution in [-0.4, -0.2) is 19.0 Å². The van der Waals surface area contributed by atoms with Gasteiger partial charge < -0.3 is 10.1 Å². The quantitative estimate of drug-likeness (QED) is 0.532. The Labute approximate surface area is 138 Å². The molecule has 0 aromatic heterocycles. The van der Waals surface area contributed by atoms with Crippen LogP contribution < -0.4 is 5.32 Å². The zero-order valence-corrected chi connectivity index (χ0v) is 12.7. The molecule has 0 unspecified atom stereocenters. The van der Waals surface area contributed by atoms with Gasteiger partial charge in [0.1, 0.15) is 17.5 Å². The van der Waals surface area contributed by atoms with Crippen molar-refractivity contribution in [3.05, 3.63) is 71.0 Å². The second-order valence-corrected chi connectivity index (χ2v) is 4.71. The van der Waals surface area contributed by atoms with Gasteiger partial charge in [-0.1, -0.05) is 18.2 Å². The first kappa shape index (κ1) is 16.9. The minimum Gasteiger partial charge on any atom is -0.465 e. The number of anilines is 1. The zero-order valence-electron chi connectivity index (χ0n) is 12.7. The van der Waals surface area contributed by atoms with Crippen molar-refractivity contribution in [3.8, 4) is 6.07 Å². The molecule has 5 nitrogen and oxygen atoms in total. The first-order chi connectivity index (χ1) is 11.5. The number of amides is 1. The fraction of sp³-hybridized carbons (Fsp3) is 0.0556. The molecule has 6 heteroatoms. The Hall–Kier alpha value is -3.46. The minimum atomic E-state index is -0.674. The van der Waals surface area contributed by atoms with Gasteiger partial charge in [0.05, 0.1) is 12.7 Å². The molecule has 120 valence electrons. The number of carbonyl (C=O) groups excluding carboxylic acids is 2. The SMILES string of the molecule is COC(=O)c1ccc(NC(=O)/C(C#N)=C\c2ccccc2F)cc1. The van der Waals surface area contributed by atoms with Gasteiger partial charge in [0.15, 0.2) is 0 Å². The average Bonchev–Trinajstić information content (AvgIpc) is 2.61. The molecule has 2 aromatic carbocycles. The molecule has 1 N–H and O–H groups in total. The summed E-state index contributed by atoms with van der Waals surface area (Å²) in [4.78, 5) is 23.5. The molecule has 0 saturated carbocycles. The van der Waals surface area contributed by atoms with Gasteiger partial charge in [0.25, 0.3) is 5.91 Å². The van der Waals surface area contributed by atoms with E-state index in [1.807, 2.05) is 0 Å². The van der Waals surface area contributed by atoms with Crippen molar-refractivity contribution in [2.75, 3.05) is 12.4 Å². The van der Waals surface area contributed by atoms with E-state index in [0.717, 1.165) is 0 Å². The number of benzene rings is 2. The number of carbonyl (C=O) groups is 2. The molecule has 2 aromatic rings. The number of hydrogen-bond donors (Lipinski definition) is 1. The van der Waals surface area contributed by atoms with Gasteiger partial charge in [-0.15, -0.1) is 0 Å². The lowest BCUT2D eigenvalue weighted by Crippen LogP contribution is -2.13. The molecule has 2 rings (SSSR count). The van der Waals surface area contributed by atoms with Gasteiger partial charge in [-0.05, 0) is 36.4 Å². The van der Waals surface area contributed by atoms with E-state index in [4.69, 9.17) is 5.26 Å². The molecule has 0 heterocycles. The summed E-state index contributed by atoms with van der Waals surface area (Å²) in [5.74, 6) is -1.70. The summed E-state index contributed by atoms with van der Waals surface area (Å²) in [5.41, 5.74) is 0.627. The minimum absolute atomic E-state index is 0.144. The van der Waals surface area contributed by atoms with Crippen molar-refractivity contribution in [3.63, 3.8) is 0 Å². The third-order valence-corrected chi connectivity index (χ3v) is 3.13. The van der Waals surface area contributed by atoms with Crippen LogP contribution >= 0.6 is 0 Å². The van der Waals surface area contributed by atoms with Crippen LogP contribution in [-0.2, 0) is 9.53 Å². The number of ether oxygens (including phenoxy) is 1. The molecule has 0 aliphatic heterocycles. The standard InChI is InChI=1S/C18H13FN2O3/c1-24-18(23)12-6-8-15(9-7-12)21-17(22)14(11-20)10-13-4-2-3-5-16(13)19/h2-10H,1H3,(H,21,22)/b14-10-. The van der Waals surface area contributed by atoms with Gasteiger partial charge in [-0.25, -0.2) is 9.18 Å². The lowest BCUT2D eigenvalue weighted by molar-refractivity contribution is -0.112. The van der Waals surface area contributed by atoms with Gasteiger partial charge in [-0.3, -0.25) is 4.79 Å². The molecular formula is C18H13FN2O3. The molecule has 0 radical (unpaired) electrons. The van der Waals surface area contributed by atoms with E-state index in [0.29, 0.717) is 11.3 Å². The first-order valence-electron chi connectivity index (χ1n) is 6.91. The fourth-order valence-corrected chi connectivity index (χ4v) is 1.90. The van der Waals surface area contributed by atoms with Crippen LogP contribution in [0.15, 0.2) is 54.1 Å². The Morgan fingerprint density at radius 3 is 2.42 bits per heavy atom. The molecule has 0 atom stereocenters. The third-order valence-electron chi connectivity index (χ3n) is 3.13. The van der Waals surface area contributed by atoms with E-state index in [2.05, 4.69) is 10.1 Å². The van der Waals surface area contributed by atoms with Gasteiger partial charge >= 0.3 is 5.97 Å². The lowest BCUT2D eigenvalue weighted by Gasteiger charge is -2.05. The smallest absolute Gasteiger partial charge is 0.337 e. The van der Waals surface area contributed by atoms with Crippen LogP contribution in [0.4, 0.5) is 10.1 Å². The van der Waals surface area contributed by atoms with Crippen molar-refractivity contribution >= 4 is 23.6 Å². The average molecular weight is 324 g/mol. The van der Waals surface area contributed by atoms with Crippen molar-refractivity contribution in [2.24, 2.45) is 0 Å². The highest BCUT2D eigenvalue weighted by atomic mass is 19.1. The van der Waals surface area contributed by atoms with E-state index >= 15 is 0 Å². The summed E-state index contributed by atoms with van der Waals surface area (Å²) in [6.45, 7) is 0. The highest BCUT2D eigenvalue weighted by molar-refractivity contribution is 6.09. The second kappa shape index (κ2) is 7.70. The molecule has 0 fully saturated rings. The summed E-state index contributed by atoms with van der Waals surface area (Å²) < 4.78 is 18.2. The largest absolute Gasteiger partial charge is 0.465 e. The van der Waals surface area contributed by atoms with Crippen molar-refractivity contribution in [1.82, 2.24) is 0 Å². The highest BCUT2D eigenvalue weighted by Gasteiger charge is 2.11. The van der Waals surface area contributed by atoms with Crippen molar-refractivity contribution < 1.29 is 18.7 Å². The van der Waals surface area contributed by atoms with Crippen LogP contribution in [0, 0.1) is 17.1 Å². The maximum atomic E-state index is 13.6. The molecule has 1 amide bonds. The van der Waals surface area contributed by atoms with Crippen LogP contribution in [0.25, 0.3) is 6.08 Å². The Balaban J connectivity index is 2.17. The van der Waals surface area contributed by atoms with Crippen LogP contribution in [0.5, 0.6) is 0 Å². The van der Waals surface area contributed by atoms with Gasteiger partial charge in [0.2, 0.25) is 0 Å². The van der Waals surface area contributed by atoms with E-state index in [1.54, 1.807) is 12.1 Å². The number of nitrogens with one attached hydrogen (secondary N) is 1. The zero-order chi connectivity index (χ0) is 17.5. The Kier molecular flexibility index (Phi) is 5.42. The van der Waals surface area contributed by atoms with Gasteiger partial charge in [-0.2, -0.15) is 5.26 Å². The number of nitrogens with zero attached hydrogens (tertiary/aromatic N) is 1. The summed E-state index contributed by atoms with van der Waals surface area (Å²) in [7, 11) is 1.27. The molecule has 0 aliphatic rings. The Morgan fingerprint density at radius 1 is 1.17 bits per heavy atom. The van der Waals surface area contributed by atoms with E-state index in [9.17, 15) is 14.0 Å². The van der Waals surface area contributed by atoms with E-state index < -0.39 is 17.7 Å². The summed E-state index contributed by atoms with van der Waals surface area (Å²) in [6.07, 6.45) is 1.17. The molecule has 0 spiro atoms. The maximum absolute atomic E-state index is 13.6. The van der Waals surface area contributed by atoms with E-state index in [-0.39, 0.29) is 11.1 Å². The number of halogens is 1. The summed E-state index contributed by atoms with van der Waals surface area (Å²) in [5, 5.41) is 11.6. The number of nitriles is 1. The molecule has 24 heavy (non-hydrogen) atoms. The van der Waals surface area contributed by atoms with E-state index in [1.165, 1.54) is 55.7 Å². The summed E-state index contributed by atoms with van der Waals surface area (Å²) in [6, 6.07) is 13.5. The van der Waals surface area contributed by atoms with Crippen molar-refractivity contribution in [1.29, 1.82) is 5.26 Å². The maximum Gasteiger partial charge on any atom is 0.337 e. The number of methoxy groups -OCH3 is 1. The van der Waals surface area contributed by atoms with Crippen molar-refractivity contribution in [2.45, 2.75) is 0 Å². The lowest BCUT2D eigenvalue weighted by atomic mass is 10.1. The van der Waals surface area contributed by atoms with Gasteiger partial charge in [0, 0.05) is 11.3 Å². The molecule has 0 bridgehead atoms. The molecular weight excluding hydrogens is 311 g/mol. The first-order valence-corrected chi connectivity index (χ1v) is 6.91. The van der Waals surface area contributed by atoms with Crippen LogP contribution in [0.3, 0.4) is 0 Å². The number of hydrogen-bond acceptors (Lipinski definition) is 4. The predicted molar refractivity (Wildman–Crippen MR) is 86.4 cm³/mol. The molecule has 0 saturated heterocycles. The second-order valence-electron chi connectivity index (χ2n) is 4.71. The molecule has 0 aliphatic carbocycles. The Morgan fingerprint density at radius 2 is 1.83 bits per heavy atom. The third kappa shape index (κ3) is 4.05. The normalized spacial score (nSPS) is 10.6. The Bertz CT molecular complexity index is 836. The number of rotatable bonds is 4. The monoisotopic (exact) mass is 324 g/mol.